The van der Waals surface area contributed by atoms with Gasteiger partial charge in [0.25, 0.3) is 0 Å². The average molecular weight is 309 g/mol. The van der Waals surface area contributed by atoms with Crippen molar-refractivity contribution in [1.29, 1.82) is 0 Å². The molecule has 2 aliphatic heterocycles. The van der Waals surface area contributed by atoms with Gasteiger partial charge >= 0.3 is 0 Å². The lowest BCUT2D eigenvalue weighted by molar-refractivity contribution is -0.122. The molecule has 1 atom stereocenters. The third-order valence-electron chi connectivity index (χ3n) is 4.75. The molecule has 23 heavy (non-hydrogen) atoms. The van der Waals surface area contributed by atoms with Crippen LogP contribution in [0.4, 0.5) is 5.69 Å². The third-order valence-corrected chi connectivity index (χ3v) is 4.75. The van der Waals surface area contributed by atoms with Gasteiger partial charge in [0.1, 0.15) is 22.5 Å². The lowest BCUT2D eigenvalue weighted by Crippen LogP contribution is -2.48. The van der Waals surface area contributed by atoms with E-state index in [1.54, 1.807) is 7.11 Å². The average Bonchev–Trinajstić information content (AvgIpc) is 2.78. The molecular weight excluding hydrogens is 290 g/mol. The van der Waals surface area contributed by atoms with E-state index in [1.165, 1.54) is 0 Å². The van der Waals surface area contributed by atoms with Crippen LogP contribution >= 0.6 is 0 Å². The molecule has 1 unspecified atom stereocenters. The Hall–Kier alpha value is -2.49. The zero-order valence-corrected chi connectivity index (χ0v) is 13.5. The fraction of sp³-hybridized carbons (Fsp3) is 0.316. The SMILES string of the molecule is COc1ccc2c(c1)OC(C)(C)CC21C(=O)Nc2ccccc21. The molecule has 0 radical (unpaired) electrons. The second-order valence-corrected chi connectivity index (χ2v) is 6.81. The number of hydrogen-bond donors (Lipinski definition) is 1. The zero-order valence-electron chi connectivity index (χ0n) is 13.5. The van der Waals surface area contributed by atoms with Gasteiger partial charge in [-0.25, -0.2) is 0 Å². The van der Waals surface area contributed by atoms with E-state index in [-0.39, 0.29) is 5.91 Å². The maximum Gasteiger partial charge on any atom is 0.239 e. The summed E-state index contributed by atoms with van der Waals surface area (Å²) in [5.41, 5.74) is 1.65. The molecule has 1 amide bonds. The van der Waals surface area contributed by atoms with Crippen LogP contribution in [0.5, 0.6) is 11.5 Å². The fourth-order valence-corrected chi connectivity index (χ4v) is 3.89. The largest absolute Gasteiger partial charge is 0.497 e. The minimum atomic E-state index is -0.708. The van der Waals surface area contributed by atoms with Crippen LogP contribution in [0.1, 0.15) is 31.4 Å². The number of carbonyl (C=O) groups is 1. The van der Waals surface area contributed by atoms with Gasteiger partial charge < -0.3 is 14.8 Å². The number of anilines is 1. The van der Waals surface area contributed by atoms with E-state index in [9.17, 15) is 4.79 Å². The molecule has 0 fully saturated rings. The van der Waals surface area contributed by atoms with Gasteiger partial charge in [0.15, 0.2) is 0 Å². The van der Waals surface area contributed by atoms with Crippen LogP contribution in [0, 0.1) is 0 Å². The maximum atomic E-state index is 13.0. The summed E-state index contributed by atoms with van der Waals surface area (Å²) in [5.74, 6) is 1.46. The molecule has 0 aromatic heterocycles. The normalized spacial score (nSPS) is 23.7. The van der Waals surface area contributed by atoms with Gasteiger partial charge in [-0.2, -0.15) is 0 Å². The van der Waals surface area contributed by atoms with Gasteiger partial charge in [0, 0.05) is 23.7 Å². The molecule has 2 aromatic rings. The second kappa shape index (κ2) is 4.51. The Morgan fingerprint density at radius 3 is 2.70 bits per heavy atom. The van der Waals surface area contributed by atoms with Gasteiger partial charge in [-0.1, -0.05) is 24.3 Å². The number of methoxy groups -OCH3 is 1. The number of carbonyl (C=O) groups excluding carboxylic acids is 1. The van der Waals surface area contributed by atoms with Gasteiger partial charge in [0.2, 0.25) is 5.91 Å². The van der Waals surface area contributed by atoms with Crippen molar-refractivity contribution >= 4 is 11.6 Å². The predicted octanol–water partition coefficient (Wildman–Crippen LogP) is 3.49. The second-order valence-electron chi connectivity index (χ2n) is 6.81. The number of para-hydroxylation sites is 1. The Morgan fingerprint density at radius 1 is 1.13 bits per heavy atom. The highest BCUT2D eigenvalue weighted by atomic mass is 16.5. The van der Waals surface area contributed by atoms with Crippen molar-refractivity contribution < 1.29 is 14.3 Å². The minimum absolute atomic E-state index is 0.0153. The van der Waals surface area contributed by atoms with E-state index >= 15 is 0 Å². The Kier molecular flexibility index (Phi) is 2.77. The number of hydrogen-bond acceptors (Lipinski definition) is 3. The van der Waals surface area contributed by atoms with Crippen molar-refractivity contribution in [1.82, 2.24) is 0 Å². The van der Waals surface area contributed by atoms with E-state index < -0.39 is 11.0 Å². The maximum absolute atomic E-state index is 13.0. The van der Waals surface area contributed by atoms with Crippen LogP contribution in [0.2, 0.25) is 0 Å². The van der Waals surface area contributed by atoms with Gasteiger partial charge in [-0.3, -0.25) is 4.79 Å². The van der Waals surface area contributed by atoms with Crippen molar-refractivity contribution in [3.8, 4) is 11.5 Å². The number of ether oxygens (including phenoxy) is 2. The quantitative estimate of drug-likeness (QED) is 0.877. The van der Waals surface area contributed by atoms with E-state index in [4.69, 9.17) is 9.47 Å². The molecule has 4 rings (SSSR count). The molecule has 118 valence electrons. The van der Waals surface area contributed by atoms with Crippen molar-refractivity contribution in [3.63, 3.8) is 0 Å². The molecule has 4 nitrogen and oxygen atoms in total. The van der Waals surface area contributed by atoms with Crippen LogP contribution in [-0.4, -0.2) is 18.6 Å². The smallest absolute Gasteiger partial charge is 0.239 e. The Labute approximate surface area is 135 Å². The molecular formula is C19H19NO3. The number of fused-ring (bicyclic) bond motifs is 4. The molecule has 1 spiro atoms. The molecule has 2 heterocycles. The fourth-order valence-electron chi connectivity index (χ4n) is 3.89. The van der Waals surface area contributed by atoms with Crippen molar-refractivity contribution in [2.45, 2.75) is 31.3 Å². The molecule has 0 saturated carbocycles. The lowest BCUT2D eigenvalue weighted by Gasteiger charge is -2.43. The standard InChI is InChI=1S/C19H19NO3/c1-18(2)11-19(13-6-4-5-7-15(13)20-17(19)21)14-9-8-12(22-3)10-16(14)23-18/h4-10H,11H2,1-3H3,(H,20,21). The summed E-state index contributed by atoms with van der Waals surface area (Å²) >= 11 is 0. The summed E-state index contributed by atoms with van der Waals surface area (Å²) in [4.78, 5) is 13.0. The summed E-state index contributed by atoms with van der Waals surface area (Å²) in [6.45, 7) is 4.04. The first-order chi connectivity index (χ1) is 11.0. The van der Waals surface area contributed by atoms with E-state index in [1.807, 2.05) is 56.3 Å². The first-order valence-corrected chi connectivity index (χ1v) is 7.75. The van der Waals surface area contributed by atoms with Crippen LogP contribution < -0.4 is 14.8 Å². The number of nitrogens with one attached hydrogen (secondary N) is 1. The number of amides is 1. The van der Waals surface area contributed by atoms with Crippen LogP contribution in [0.3, 0.4) is 0 Å². The lowest BCUT2D eigenvalue weighted by atomic mass is 9.67. The van der Waals surface area contributed by atoms with Crippen molar-refractivity contribution in [2.24, 2.45) is 0 Å². The van der Waals surface area contributed by atoms with E-state index in [2.05, 4.69) is 5.32 Å². The third kappa shape index (κ3) is 1.87. The summed E-state index contributed by atoms with van der Waals surface area (Å²) < 4.78 is 11.5. The summed E-state index contributed by atoms with van der Waals surface area (Å²) in [6, 6.07) is 13.6. The van der Waals surface area contributed by atoms with Gasteiger partial charge in [-0.05, 0) is 31.5 Å². The monoisotopic (exact) mass is 309 g/mol. The van der Waals surface area contributed by atoms with Crippen molar-refractivity contribution in [2.75, 3.05) is 12.4 Å². The molecule has 0 bridgehead atoms. The highest BCUT2D eigenvalue weighted by Crippen LogP contribution is 2.54. The first kappa shape index (κ1) is 14.1. The molecule has 0 aliphatic carbocycles. The zero-order chi connectivity index (χ0) is 16.2. The summed E-state index contributed by atoms with van der Waals surface area (Å²) in [5, 5.41) is 3.04. The predicted molar refractivity (Wildman–Crippen MR) is 88.2 cm³/mol. The van der Waals surface area contributed by atoms with Crippen molar-refractivity contribution in [3.05, 3.63) is 53.6 Å². The topological polar surface area (TPSA) is 47.6 Å². The van der Waals surface area contributed by atoms with Crippen LogP contribution in [0.25, 0.3) is 0 Å². The molecule has 0 saturated heterocycles. The molecule has 2 aromatic carbocycles. The Balaban J connectivity index is 2.02. The van der Waals surface area contributed by atoms with Gasteiger partial charge in [0.05, 0.1) is 7.11 Å². The van der Waals surface area contributed by atoms with Crippen LogP contribution in [0.15, 0.2) is 42.5 Å². The summed E-state index contributed by atoms with van der Waals surface area (Å²) in [6.07, 6.45) is 0.599. The van der Waals surface area contributed by atoms with Gasteiger partial charge in [-0.15, -0.1) is 0 Å². The van der Waals surface area contributed by atoms with E-state index in [0.717, 1.165) is 22.6 Å². The Bertz CT molecular complexity index is 812. The molecule has 1 N–H and O–H groups in total. The Morgan fingerprint density at radius 2 is 1.91 bits per heavy atom. The van der Waals surface area contributed by atoms with E-state index in [0.29, 0.717) is 12.2 Å². The number of benzene rings is 2. The number of rotatable bonds is 1. The minimum Gasteiger partial charge on any atom is -0.497 e. The first-order valence-electron chi connectivity index (χ1n) is 7.75. The van der Waals surface area contributed by atoms with Crippen LogP contribution in [-0.2, 0) is 10.2 Å². The molecule has 4 heteroatoms. The summed E-state index contributed by atoms with van der Waals surface area (Å²) in [7, 11) is 1.63. The highest BCUT2D eigenvalue weighted by Gasteiger charge is 2.55. The molecule has 2 aliphatic rings. The highest BCUT2D eigenvalue weighted by molar-refractivity contribution is 6.09.